The maximum Gasteiger partial charge on any atom is 0.363 e. The van der Waals surface area contributed by atoms with E-state index in [1.54, 1.807) is 30.3 Å². The van der Waals surface area contributed by atoms with Gasteiger partial charge in [0.25, 0.3) is 5.69 Å². The van der Waals surface area contributed by atoms with Crippen molar-refractivity contribution >= 4 is 29.4 Å². The highest BCUT2D eigenvalue weighted by atomic mass is 16.6. The van der Waals surface area contributed by atoms with Gasteiger partial charge in [-0.25, -0.2) is 9.59 Å². The molecule has 180 valence electrons. The lowest BCUT2D eigenvalue weighted by Gasteiger charge is -2.35. The van der Waals surface area contributed by atoms with Crippen LogP contribution in [0.1, 0.15) is 49.0 Å². The highest BCUT2D eigenvalue weighted by Gasteiger charge is 2.59. The molecule has 0 N–H and O–H groups in total. The van der Waals surface area contributed by atoms with Crippen molar-refractivity contribution in [2.45, 2.75) is 38.7 Å². The number of Topliss-reactive ketones (excluding diaryl/α,β-unsaturated/α-hetero) is 1. The molecular weight excluding hydrogens is 446 g/mol. The second-order valence-electron chi connectivity index (χ2n) is 7.16. The fourth-order valence-corrected chi connectivity index (χ4v) is 3.48. The summed E-state index contributed by atoms with van der Waals surface area (Å²) in [4.78, 5) is 62.1. The zero-order valence-electron chi connectivity index (χ0n) is 19.0. The topological polar surface area (TPSA) is 139 Å². The van der Waals surface area contributed by atoms with E-state index in [0.29, 0.717) is 5.56 Å². The molecule has 2 aromatic carbocycles. The van der Waals surface area contributed by atoms with Gasteiger partial charge < -0.3 is 14.2 Å². The van der Waals surface area contributed by atoms with Crippen LogP contribution in [0.4, 0.5) is 5.69 Å². The van der Waals surface area contributed by atoms with Crippen molar-refractivity contribution in [2.75, 3.05) is 13.2 Å². The predicted molar refractivity (Wildman–Crippen MR) is 119 cm³/mol. The number of rotatable bonds is 11. The molecule has 0 saturated heterocycles. The number of carbonyl (C=O) groups excluding carboxylic acids is 4. The molecule has 0 heterocycles. The molecule has 2 aromatic rings. The number of nitrogens with zero attached hydrogens (tertiary/aromatic N) is 1. The van der Waals surface area contributed by atoms with Gasteiger partial charge in [0.2, 0.25) is 0 Å². The van der Waals surface area contributed by atoms with Gasteiger partial charge in [0, 0.05) is 31.0 Å². The summed E-state index contributed by atoms with van der Waals surface area (Å²) in [7, 11) is 0. The Morgan fingerprint density at radius 1 is 0.912 bits per heavy atom. The summed E-state index contributed by atoms with van der Waals surface area (Å²) in [6.07, 6.45) is -0.466. The average molecular weight is 471 g/mol. The van der Waals surface area contributed by atoms with Crippen molar-refractivity contribution in [3.05, 3.63) is 75.8 Å². The van der Waals surface area contributed by atoms with Gasteiger partial charge in [0.15, 0.2) is 5.78 Å². The second-order valence-corrected chi connectivity index (χ2v) is 7.16. The molecule has 10 heteroatoms. The Morgan fingerprint density at radius 2 is 1.44 bits per heavy atom. The minimum atomic E-state index is -2.65. The first-order valence-electron chi connectivity index (χ1n) is 10.5. The van der Waals surface area contributed by atoms with Crippen molar-refractivity contribution in [3.8, 4) is 0 Å². The first-order valence-corrected chi connectivity index (χ1v) is 10.5. The smallest absolute Gasteiger partial charge is 0.363 e. The largest absolute Gasteiger partial charge is 0.463 e. The van der Waals surface area contributed by atoms with Gasteiger partial charge in [-0.2, -0.15) is 0 Å². The molecule has 0 spiro atoms. The number of benzene rings is 2. The van der Waals surface area contributed by atoms with Gasteiger partial charge in [-0.1, -0.05) is 42.5 Å². The lowest BCUT2D eigenvalue weighted by molar-refractivity contribution is -0.384. The molecular formula is C24H25NO9. The van der Waals surface area contributed by atoms with Gasteiger partial charge in [-0.15, -0.1) is 0 Å². The van der Waals surface area contributed by atoms with Gasteiger partial charge in [0.1, 0.15) is 0 Å². The molecule has 0 aromatic heterocycles. The summed E-state index contributed by atoms with van der Waals surface area (Å²) in [6, 6.07) is 13.0. The van der Waals surface area contributed by atoms with Crippen molar-refractivity contribution in [2.24, 2.45) is 0 Å². The van der Waals surface area contributed by atoms with Crippen molar-refractivity contribution < 1.29 is 38.3 Å². The van der Waals surface area contributed by atoms with Crippen molar-refractivity contribution in [1.29, 1.82) is 0 Å². The minimum Gasteiger partial charge on any atom is -0.463 e. The van der Waals surface area contributed by atoms with Crippen LogP contribution in [-0.4, -0.2) is 47.4 Å². The highest BCUT2D eigenvalue weighted by Crippen LogP contribution is 2.39. The maximum absolute atomic E-state index is 13.2. The van der Waals surface area contributed by atoms with Crippen LogP contribution >= 0.6 is 0 Å². The Morgan fingerprint density at radius 3 is 1.88 bits per heavy atom. The van der Waals surface area contributed by atoms with Gasteiger partial charge >= 0.3 is 23.5 Å². The van der Waals surface area contributed by atoms with E-state index in [1.165, 1.54) is 26.0 Å². The summed E-state index contributed by atoms with van der Waals surface area (Å²) in [5, 5.41) is 11.1. The van der Waals surface area contributed by atoms with Crippen molar-refractivity contribution in [1.82, 2.24) is 0 Å². The number of ether oxygens (including phenoxy) is 3. The summed E-state index contributed by atoms with van der Waals surface area (Å²) in [5.41, 5.74) is -2.45. The van der Waals surface area contributed by atoms with E-state index in [0.717, 1.165) is 19.1 Å². The van der Waals surface area contributed by atoms with E-state index in [2.05, 4.69) is 0 Å². The molecule has 0 saturated carbocycles. The van der Waals surface area contributed by atoms with Crippen molar-refractivity contribution in [3.63, 3.8) is 0 Å². The Labute approximate surface area is 196 Å². The molecule has 2 rings (SSSR count). The molecule has 1 atom stereocenters. The molecule has 1 unspecified atom stereocenters. The van der Waals surface area contributed by atoms with Crippen LogP contribution in [0.15, 0.2) is 54.6 Å². The number of esters is 3. The molecule has 0 bridgehead atoms. The monoisotopic (exact) mass is 471 g/mol. The molecule has 0 amide bonds. The number of nitro benzene ring substituents is 1. The maximum atomic E-state index is 13.2. The zero-order chi connectivity index (χ0) is 25.3. The van der Waals surface area contributed by atoms with Crippen LogP contribution in [0.3, 0.4) is 0 Å². The van der Waals surface area contributed by atoms with E-state index in [1.807, 2.05) is 0 Å². The minimum absolute atomic E-state index is 0.152. The predicted octanol–water partition coefficient (Wildman–Crippen LogP) is 3.38. The third-order valence-electron chi connectivity index (χ3n) is 4.94. The molecule has 0 aliphatic rings. The van der Waals surface area contributed by atoms with Gasteiger partial charge in [-0.05, 0) is 19.4 Å². The van der Waals surface area contributed by atoms with E-state index in [4.69, 9.17) is 14.2 Å². The Kier molecular flexibility index (Phi) is 9.00. The molecule has 0 radical (unpaired) electrons. The third kappa shape index (κ3) is 5.83. The summed E-state index contributed by atoms with van der Waals surface area (Å²) >= 11 is 0. The van der Waals surface area contributed by atoms with E-state index in [-0.39, 0.29) is 24.5 Å². The first-order chi connectivity index (χ1) is 16.2. The fourth-order valence-electron chi connectivity index (χ4n) is 3.48. The first kappa shape index (κ1) is 26.2. The van der Waals surface area contributed by atoms with E-state index < -0.39 is 46.6 Å². The number of carbonyl (C=O) groups is 4. The number of non-ortho nitro benzene ring substituents is 1. The van der Waals surface area contributed by atoms with Gasteiger partial charge in [-0.3, -0.25) is 19.7 Å². The molecule has 0 fully saturated rings. The SMILES string of the molecule is CCOC(=O)C(OC(C)=O)(C(=O)OCC)C(CC(=O)c1ccccc1)c1ccc([N+](=O)[O-])cc1. The Hall–Kier alpha value is -4.08. The molecule has 0 aliphatic heterocycles. The number of ketones is 1. The van der Waals surface area contributed by atoms with Crippen LogP contribution in [0.25, 0.3) is 0 Å². The van der Waals surface area contributed by atoms with Crippen LogP contribution in [0.2, 0.25) is 0 Å². The lowest BCUT2D eigenvalue weighted by atomic mass is 9.77. The molecule has 0 aliphatic carbocycles. The number of nitro groups is 1. The Balaban J connectivity index is 2.75. The van der Waals surface area contributed by atoms with E-state index >= 15 is 0 Å². The van der Waals surface area contributed by atoms with Gasteiger partial charge in [0.05, 0.1) is 24.1 Å². The zero-order valence-corrected chi connectivity index (χ0v) is 19.0. The third-order valence-corrected chi connectivity index (χ3v) is 4.94. The van der Waals surface area contributed by atoms with Crippen LogP contribution < -0.4 is 0 Å². The normalized spacial score (nSPS) is 11.7. The Bertz CT molecular complexity index is 1030. The average Bonchev–Trinajstić information content (AvgIpc) is 2.81. The summed E-state index contributed by atoms with van der Waals surface area (Å²) in [5.74, 6) is -5.28. The lowest BCUT2D eigenvalue weighted by Crippen LogP contribution is -2.56. The van der Waals surface area contributed by atoms with Crippen LogP contribution in [-0.2, 0) is 28.6 Å². The fraction of sp³-hybridized carbons (Fsp3) is 0.333. The van der Waals surface area contributed by atoms with Crippen LogP contribution in [0, 0.1) is 10.1 Å². The van der Waals surface area contributed by atoms with Crippen LogP contribution in [0.5, 0.6) is 0 Å². The number of hydrogen-bond acceptors (Lipinski definition) is 9. The molecule has 34 heavy (non-hydrogen) atoms. The molecule has 10 nitrogen and oxygen atoms in total. The quantitative estimate of drug-likeness (QED) is 0.120. The summed E-state index contributed by atoms with van der Waals surface area (Å²) in [6.45, 7) is 3.69. The van der Waals surface area contributed by atoms with E-state index in [9.17, 15) is 29.3 Å². The number of hydrogen-bond donors (Lipinski definition) is 0. The second kappa shape index (κ2) is 11.7. The summed E-state index contributed by atoms with van der Waals surface area (Å²) < 4.78 is 15.5. The highest BCUT2D eigenvalue weighted by molar-refractivity contribution is 6.08. The standard InChI is InChI=1S/C24H25NO9/c1-4-32-22(28)24(34-16(3)26,23(29)33-5-2)20(15-21(27)18-9-7-6-8-10-18)17-11-13-19(14-12-17)25(30)31/h6-14,20H,4-5,15H2,1-3H3.